The van der Waals surface area contributed by atoms with E-state index in [0.29, 0.717) is 18.9 Å². The second-order valence-electron chi connectivity index (χ2n) is 4.71. The van der Waals surface area contributed by atoms with Crippen LogP contribution in [-0.2, 0) is 9.16 Å². The molecule has 0 aliphatic heterocycles. The van der Waals surface area contributed by atoms with Crippen molar-refractivity contribution in [1.29, 1.82) is 0 Å². The van der Waals surface area contributed by atoms with Crippen molar-refractivity contribution in [2.45, 2.75) is 53.0 Å². The fraction of sp³-hybridized carbons (Fsp3) is 1.00. The van der Waals surface area contributed by atoms with Gasteiger partial charge in [0, 0.05) is 12.3 Å². The van der Waals surface area contributed by atoms with Gasteiger partial charge in [-0.05, 0) is 40.8 Å². The summed E-state index contributed by atoms with van der Waals surface area (Å²) in [6.45, 7) is 13.3. The van der Waals surface area contributed by atoms with Crippen molar-refractivity contribution in [2.24, 2.45) is 0 Å². The van der Waals surface area contributed by atoms with Gasteiger partial charge in [-0.1, -0.05) is 0 Å². The molecule has 0 fully saturated rings. The van der Waals surface area contributed by atoms with E-state index >= 15 is 0 Å². The smallest absolute Gasteiger partial charge is 0.200 e. The second-order valence-corrected chi connectivity index (χ2v) is 8.82. The molecule has 0 saturated carbocycles. The van der Waals surface area contributed by atoms with Crippen LogP contribution in [-0.4, -0.2) is 33.4 Å². The van der Waals surface area contributed by atoms with E-state index in [9.17, 15) is 0 Å². The maximum atomic E-state index is 5.87. The molecule has 0 aliphatic rings. The van der Waals surface area contributed by atoms with Crippen molar-refractivity contribution >= 4 is 8.32 Å². The monoisotopic (exact) mass is 219 g/mol. The lowest BCUT2D eigenvalue weighted by Gasteiger charge is -2.26. The maximum absolute atomic E-state index is 5.87. The highest BCUT2D eigenvalue weighted by molar-refractivity contribution is 6.71. The number of nitrogens with one attached hydrogen (secondary N) is 1. The Labute approximate surface area is 89.3 Å². The Balaban J connectivity index is 3.55. The van der Waals surface area contributed by atoms with Gasteiger partial charge in [0.2, 0.25) is 8.32 Å². The molecule has 0 aliphatic carbocycles. The van der Waals surface area contributed by atoms with Crippen molar-refractivity contribution in [1.82, 2.24) is 5.32 Å². The molecule has 0 atom stereocenters. The quantitative estimate of drug-likeness (QED) is 0.404. The van der Waals surface area contributed by atoms with Crippen LogP contribution in [0.5, 0.6) is 0 Å². The highest BCUT2D eigenvalue weighted by Gasteiger charge is 2.22. The molecule has 0 rings (SSSR count). The van der Waals surface area contributed by atoms with E-state index in [1.807, 2.05) is 13.8 Å². The molecule has 0 heterocycles. The van der Waals surface area contributed by atoms with E-state index in [4.69, 9.17) is 9.16 Å². The fourth-order valence-corrected chi connectivity index (χ4v) is 3.32. The van der Waals surface area contributed by atoms with Crippen LogP contribution < -0.4 is 5.32 Å². The topological polar surface area (TPSA) is 30.5 Å². The molecule has 1 N–H and O–H groups in total. The summed E-state index contributed by atoms with van der Waals surface area (Å²) in [6, 6.07) is 0. The molecule has 0 aromatic rings. The molecule has 86 valence electrons. The molecule has 0 amide bonds. The molecule has 0 aromatic carbocycles. The summed E-state index contributed by atoms with van der Waals surface area (Å²) in [7, 11) is -1.53. The minimum atomic E-state index is -1.53. The second kappa shape index (κ2) is 6.56. The first-order valence-electron chi connectivity index (χ1n) is 5.33. The van der Waals surface area contributed by atoms with Gasteiger partial charge in [-0.15, -0.1) is 0 Å². The lowest BCUT2D eigenvalue weighted by molar-refractivity contribution is 0.0660. The summed E-state index contributed by atoms with van der Waals surface area (Å²) in [5.41, 5.74) is 0. The fourth-order valence-electron chi connectivity index (χ4n) is 1.26. The van der Waals surface area contributed by atoms with Crippen LogP contribution in [0.3, 0.4) is 0 Å². The summed E-state index contributed by atoms with van der Waals surface area (Å²) >= 11 is 0. The number of hydrogen-bond donors (Lipinski definition) is 1. The van der Waals surface area contributed by atoms with Gasteiger partial charge in [0.05, 0.1) is 12.8 Å². The molecule has 0 radical (unpaired) electrons. The molecule has 14 heavy (non-hydrogen) atoms. The highest BCUT2D eigenvalue weighted by atomic mass is 28.4. The number of ether oxygens (including phenoxy) is 1. The van der Waals surface area contributed by atoms with Gasteiger partial charge in [-0.3, -0.25) is 5.32 Å². The Morgan fingerprint density at radius 1 is 1.07 bits per heavy atom. The first-order chi connectivity index (χ1) is 6.33. The Morgan fingerprint density at radius 3 is 2.07 bits per heavy atom. The van der Waals surface area contributed by atoms with Gasteiger partial charge in [0.15, 0.2) is 0 Å². The standard InChI is InChI=1S/C10H25NO2Si/c1-9(2)12-7-11-8-14(5,6)13-10(3)4/h9-11H,7-8H2,1-6H3. The van der Waals surface area contributed by atoms with Gasteiger partial charge >= 0.3 is 0 Å². The van der Waals surface area contributed by atoms with Crippen LogP contribution in [0.2, 0.25) is 13.1 Å². The van der Waals surface area contributed by atoms with E-state index in [-0.39, 0.29) is 0 Å². The molecule has 0 unspecified atom stereocenters. The lowest BCUT2D eigenvalue weighted by atomic mass is 10.5. The summed E-state index contributed by atoms with van der Waals surface area (Å²) in [5.74, 6) is 0. The van der Waals surface area contributed by atoms with Crippen molar-refractivity contribution in [3.8, 4) is 0 Å². The van der Waals surface area contributed by atoms with Gasteiger partial charge in [0.25, 0.3) is 0 Å². The first-order valence-corrected chi connectivity index (χ1v) is 8.45. The first kappa shape index (κ1) is 14.1. The van der Waals surface area contributed by atoms with E-state index in [0.717, 1.165) is 6.17 Å². The zero-order valence-electron chi connectivity index (χ0n) is 10.4. The Morgan fingerprint density at radius 2 is 1.64 bits per heavy atom. The third-order valence-electron chi connectivity index (χ3n) is 1.62. The minimum Gasteiger partial charge on any atom is -0.414 e. The largest absolute Gasteiger partial charge is 0.414 e. The SMILES string of the molecule is CC(C)OCNC[Si](C)(C)OC(C)C. The minimum absolute atomic E-state index is 0.290. The van der Waals surface area contributed by atoms with Crippen LogP contribution in [0, 0.1) is 0 Å². The molecule has 0 aromatic heterocycles. The van der Waals surface area contributed by atoms with Crippen LogP contribution in [0.4, 0.5) is 0 Å². The normalized spacial score (nSPS) is 12.9. The average molecular weight is 219 g/mol. The zero-order valence-corrected chi connectivity index (χ0v) is 11.4. The molecule has 0 saturated heterocycles. The van der Waals surface area contributed by atoms with Crippen molar-refractivity contribution in [2.75, 3.05) is 12.9 Å². The zero-order chi connectivity index (χ0) is 11.2. The maximum Gasteiger partial charge on any atom is 0.200 e. The molecular formula is C10H25NO2Si. The molecule has 4 heteroatoms. The van der Waals surface area contributed by atoms with Crippen LogP contribution in [0.15, 0.2) is 0 Å². The summed E-state index contributed by atoms with van der Waals surface area (Å²) in [4.78, 5) is 0. The molecular weight excluding hydrogens is 194 g/mol. The summed E-state index contributed by atoms with van der Waals surface area (Å²) in [5, 5.41) is 3.28. The van der Waals surface area contributed by atoms with Crippen molar-refractivity contribution in [3.05, 3.63) is 0 Å². The van der Waals surface area contributed by atoms with Gasteiger partial charge in [-0.2, -0.15) is 0 Å². The number of rotatable bonds is 7. The van der Waals surface area contributed by atoms with Crippen molar-refractivity contribution < 1.29 is 9.16 Å². The summed E-state index contributed by atoms with van der Waals surface area (Å²) in [6.07, 6.45) is 1.56. The third kappa shape index (κ3) is 8.68. The Hall–Kier alpha value is 0.0969. The Kier molecular flexibility index (Phi) is 6.60. The third-order valence-corrected chi connectivity index (χ3v) is 3.84. The predicted molar refractivity (Wildman–Crippen MR) is 62.8 cm³/mol. The van der Waals surface area contributed by atoms with Gasteiger partial charge in [0.1, 0.15) is 0 Å². The van der Waals surface area contributed by atoms with E-state index in [1.54, 1.807) is 0 Å². The predicted octanol–water partition coefficient (Wildman–Crippen LogP) is 2.13. The van der Waals surface area contributed by atoms with Gasteiger partial charge < -0.3 is 9.16 Å². The van der Waals surface area contributed by atoms with E-state index < -0.39 is 8.32 Å². The molecule has 3 nitrogen and oxygen atoms in total. The summed E-state index contributed by atoms with van der Waals surface area (Å²) < 4.78 is 11.3. The average Bonchev–Trinajstić information content (AvgIpc) is 1.95. The molecule has 0 spiro atoms. The van der Waals surface area contributed by atoms with E-state index in [2.05, 4.69) is 32.3 Å². The Bertz CT molecular complexity index is 149. The van der Waals surface area contributed by atoms with Crippen LogP contribution in [0.25, 0.3) is 0 Å². The van der Waals surface area contributed by atoms with Crippen LogP contribution in [0.1, 0.15) is 27.7 Å². The lowest BCUT2D eigenvalue weighted by Crippen LogP contribution is -2.45. The van der Waals surface area contributed by atoms with E-state index in [1.165, 1.54) is 0 Å². The van der Waals surface area contributed by atoms with Crippen LogP contribution >= 0.6 is 0 Å². The van der Waals surface area contributed by atoms with Gasteiger partial charge in [-0.25, -0.2) is 0 Å². The van der Waals surface area contributed by atoms with Crippen molar-refractivity contribution in [3.63, 3.8) is 0 Å². The highest BCUT2D eigenvalue weighted by Crippen LogP contribution is 2.06. The molecule has 0 bridgehead atoms. The number of hydrogen-bond acceptors (Lipinski definition) is 3.